The maximum Gasteiger partial charge on any atom is 0.292 e. The Labute approximate surface area is 172 Å². The molecule has 3 aromatic heterocycles. The molecule has 0 atom stereocenters. The van der Waals surface area contributed by atoms with Crippen LogP contribution in [-0.2, 0) is 6.42 Å². The van der Waals surface area contributed by atoms with Gasteiger partial charge in [-0.25, -0.2) is 14.5 Å². The molecule has 0 aliphatic carbocycles. The number of nitrogens with zero attached hydrogens (tertiary/aromatic N) is 6. The molecule has 0 fully saturated rings. The van der Waals surface area contributed by atoms with Crippen LogP contribution < -0.4 is 5.01 Å². The predicted molar refractivity (Wildman–Crippen MR) is 111 cm³/mol. The smallest absolute Gasteiger partial charge is 0.285 e. The van der Waals surface area contributed by atoms with Crippen molar-refractivity contribution in [2.75, 3.05) is 18.6 Å². The van der Waals surface area contributed by atoms with Gasteiger partial charge in [-0.2, -0.15) is 5.10 Å². The normalized spacial score (nSPS) is 13.6. The largest absolute Gasteiger partial charge is 0.292 e. The first-order chi connectivity index (χ1) is 14.1. The van der Waals surface area contributed by atoms with E-state index in [0.29, 0.717) is 22.9 Å². The zero-order valence-electron chi connectivity index (χ0n) is 15.7. The average Bonchev–Trinajstić information content (AvgIpc) is 3.17. The number of pyridine rings is 1. The first kappa shape index (κ1) is 17.6. The van der Waals surface area contributed by atoms with Gasteiger partial charge in [0.1, 0.15) is 0 Å². The number of carbonyl (C=O) groups excluding carboxylic acids is 1. The van der Waals surface area contributed by atoms with E-state index in [0.717, 1.165) is 23.2 Å². The van der Waals surface area contributed by atoms with Gasteiger partial charge in [-0.1, -0.05) is 23.7 Å². The van der Waals surface area contributed by atoms with E-state index in [1.54, 1.807) is 29.7 Å². The summed E-state index contributed by atoms with van der Waals surface area (Å²) in [5, 5.41) is 8.42. The van der Waals surface area contributed by atoms with Gasteiger partial charge in [-0.3, -0.25) is 14.8 Å². The van der Waals surface area contributed by atoms with Crippen LogP contribution in [-0.4, -0.2) is 44.1 Å². The first-order valence-corrected chi connectivity index (χ1v) is 9.58. The van der Waals surface area contributed by atoms with Gasteiger partial charge in [-0.15, -0.1) is 0 Å². The lowest BCUT2D eigenvalue weighted by atomic mass is 9.95. The van der Waals surface area contributed by atoms with Gasteiger partial charge in [0.25, 0.3) is 5.91 Å². The van der Waals surface area contributed by atoms with Gasteiger partial charge < -0.3 is 0 Å². The molecule has 7 nitrogen and oxygen atoms in total. The molecule has 1 aliphatic rings. The van der Waals surface area contributed by atoms with E-state index in [4.69, 9.17) is 11.6 Å². The molecule has 0 radical (unpaired) electrons. The summed E-state index contributed by atoms with van der Waals surface area (Å²) in [5.41, 5.74) is 5.42. The summed E-state index contributed by atoms with van der Waals surface area (Å²) >= 11 is 5.97. The van der Waals surface area contributed by atoms with E-state index in [1.807, 2.05) is 36.3 Å². The molecule has 0 bridgehead atoms. The number of amides is 1. The van der Waals surface area contributed by atoms with Gasteiger partial charge in [0.2, 0.25) is 0 Å². The Hall–Kier alpha value is -3.45. The minimum atomic E-state index is -0.172. The number of fused-ring (bicyclic) bond motifs is 2. The zero-order chi connectivity index (χ0) is 20.0. The van der Waals surface area contributed by atoms with E-state index >= 15 is 0 Å². The highest BCUT2D eigenvalue weighted by molar-refractivity contribution is 6.30. The monoisotopic (exact) mass is 404 g/mol. The van der Waals surface area contributed by atoms with Crippen molar-refractivity contribution in [1.82, 2.24) is 24.6 Å². The fraction of sp³-hybridized carbons (Fsp3) is 0.143. The molecule has 1 amide bonds. The van der Waals surface area contributed by atoms with E-state index < -0.39 is 0 Å². The lowest BCUT2D eigenvalue weighted by Crippen LogP contribution is -2.48. The fourth-order valence-electron chi connectivity index (χ4n) is 3.77. The third-order valence-electron chi connectivity index (χ3n) is 5.16. The molecular formula is C21H17ClN6O. The van der Waals surface area contributed by atoms with Crippen molar-refractivity contribution < 1.29 is 4.79 Å². The van der Waals surface area contributed by atoms with Crippen LogP contribution in [0.1, 0.15) is 16.1 Å². The van der Waals surface area contributed by atoms with Crippen LogP contribution in [0.4, 0.5) is 5.69 Å². The molecule has 1 aliphatic heterocycles. The minimum Gasteiger partial charge on any atom is -0.285 e. The zero-order valence-corrected chi connectivity index (χ0v) is 16.4. The first-order valence-electron chi connectivity index (χ1n) is 9.20. The lowest BCUT2D eigenvalue weighted by Gasteiger charge is -2.39. The highest BCUT2D eigenvalue weighted by Gasteiger charge is 2.29. The van der Waals surface area contributed by atoms with E-state index in [9.17, 15) is 4.79 Å². The number of hydrogen-bond donors (Lipinski definition) is 0. The van der Waals surface area contributed by atoms with Crippen LogP contribution in [0.5, 0.6) is 0 Å². The molecule has 4 aromatic rings. The molecule has 1 aromatic carbocycles. The maximum absolute atomic E-state index is 13.2. The van der Waals surface area contributed by atoms with Crippen molar-refractivity contribution in [3.05, 3.63) is 77.5 Å². The molecule has 0 unspecified atom stereocenters. The summed E-state index contributed by atoms with van der Waals surface area (Å²) < 4.78 is 1.52. The standard InChI is InChI=1S/C21H17ClN6O/c1-26-19-4-2-3-16(14-5-8-23-9-6-14)17(19)7-10-28(26)21(29)18-11-20-24-12-15(22)13-27(20)25-18/h2-6,8-9,11-13H,7,10H2,1H3. The highest BCUT2D eigenvalue weighted by atomic mass is 35.5. The van der Waals surface area contributed by atoms with Gasteiger partial charge in [-0.05, 0) is 41.3 Å². The Kier molecular flexibility index (Phi) is 4.17. The molecule has 4 heterocycles. The van der Waals surface area contributed by atoms with Crippen LogP contribution >= 0.6 is 11.6 Å². The van der Waals surface area contributed by atoms with Gasteiger partial charge in [0.15, 0.2) is 11.3 Å². The van der Waals surface area contributed by atoms with E-state index in [2.05, 4.69) is 21.1 Å². The Morgan fingerprint density at radius 3 is 2.83 bits per heavy atom. The van der Waals surface area contributed by atoms with Crippen molar-refractivity contribution in [1.29, 1.82) is 0 Å². The molecule has 0 N–H and O–H groups in total. The molecular weight excluding hydrogens is 388 g/mol. The molecule has 5 rings (SSSR count). The number of halogens is 1. The van der Waals surface area contributed by atoms with E-state index in [-0.39, 0.29) is 5.91 Å². The molecule has 29 heavy (non-hydrogen) atoms. The summed E-state index contributed by atoms with van der Waals surface area (Å²) in [6.07, 6.45) is 7.51. The SMILES string of the molecule is CN1c2cccc(-c3ccncc3)c2CCN1C(=O)c1cc2ncc(Cl)cn2n1. The summed E-state index contributed by atoms with van der Waals surface area (Å²) in [4.78, 5) is 21.5. The minimum absolute atomic E-state index is 0.172. The van der Waals surface area contributed by atoms with Gasteiger partial charge >= 0.3 is 0 Å². The van der Waals surface area contributed by atoms with Crippen molar-refractivity contribution >= 4 is 28.8 Å². The average molecular weight is 405 g/mol. The van der Waals surface area contributed by atoms with Crippen molar-refractivity contribution in [3.63, 3.8) is 0 Å². The topological polar surface area (TPSA) is 66.6 Å². The second-order valence-electron chi connectivity index (χ2n) is 6.85. The summed E-state index contributed by atoms with van der Waals surface area (Å²) in [6.45, 7) is 0.562. The van der Waals surface area contributed by atoms with E-state index in [1.165, 1.54) is 16.3 Å². The summed E-state index contributed by atoms with van der Waals surface area (Å²) in [5.74, 6) is -0.172. The Balaban J connectivity index is 1.49. The predicted octanol–water partition coefficient (Wildman–Crippen LogP) is 3.49. The Morgan fingerprint density at radius 1 is 1.17 bits per heavy atom. The van der Waals surface area contributed by atoms with Crippen molar-refractivity contribution in [2.45, 2.75) is 6.42 Å². The number of hydrogen-bond acceptors (Lipinski definition) is 5. The Bertz CT molecular complexity index is 1220. The lowest BCUT2D eigenvalue weighted by molar-refractivity contribution is 0.0732. The molecule has 8 heteroatoms. The van der Waals surface area contributed by atoms with Crippen molar-refractivity contribution in [3.8, 4) is 11.1 Å². The quantitative estimate of drug-likeness (QED) is 0.511. The molecule has 0 saturated heterocycles. The number of carbonyl (C=O) groups is 1. The molecule has 144 valence electrons. The van der Waals surface area contributed by atoms with Crippen LogP contribution in [0, 0.1) is 0 Å². The van der Waals surface area contributed by atoms with Crippen LogP contribution in [0.3, 0.4) is 0 Å². The van der Waals surface area contributed by atoms with Crippen LogP contribution in [0.25, 0.3) is 16.8 Å². The fourth-order valence-corrected chi connectivity index (χ4v) is 3.91. The third kappa shape index (κ3) is 3.00. The van der Waals surface area contributed by atoms with Crippen molar-refractivity contribution in [2.24, 2.45) is 0 Å². The number of aromatic nitrogens is 4. The number of hydrazine groups is 1. The van der Waals surface area contributed by atoms with Gasteiger partial charge in [0.05, 0.1) is 16.9 Å². The number of benzene rings is 1. The van der Waals surface area contributed by atoms with Crippen LogP contribution in [0.2, 0.25) is 5.02 Å². The number of rotatable bonds is 2. The Morgan fingerprint density at radius 2 is 2.00 bits per heavy atom. The van der Waals surface area contributed by atoms with Crippen LogP contribution in [0.15, 0.2) is 61.2 Å². The number of anilines is 1. The summed E-state index contributed by atoms with van der Waals surface area (Å²) in [7, 11) is 1.90. The van der Waals surface area contributed by atoms with Gasteiger partial charge in [0, 0.05) is 38.2 Å². The highest BCUT2D eigenvalue weighted by Crippen LogP contribution is 2.35. The second kappa shape index (κ2) is 6.86. The summed E-state index contributed by atoms with van der Waals surface area (Å²) in [6, 6.07) is 11.8. The molecule has 0 saturated carbocycles. The second-order valence-corrected chi connectivity index (χ2v) is 7.28. The maximum atomic E-state index is 13.2. The molecule has 0 spiro atoms. The third-order valence-corrected chi connectivity index (χ3v) is 5.36.